The van der Waals surface area contributed by atoms with Crippen LogP contribution >= 0.6 is 11.3 Å². The van der Waals surface area contributed by atoms with E-state index in [4.69, 9.17) is 4.74 Å². The highest BCUT2D eigenvalue weighted by molar-refractivity contribution is 7.16. The summed E-state index contributed by atoms with van der Waals surface area (Å²) in [6.07, 6.45) is 6.59. The molecule has 30 heavy (non-hydrogen) atoms. The molecule has 1 aliphatic carbocycles. The van der Waals surface area contributed by atoms with Crippen molar-refractivity contribution in [1.82, 2.24) is 14.9 Å². The van der Waals surface area contributed by atoms with E-state index in [1.54, 1.807) is 19.2 Å². The lowest BCUT2D eigenvalue weighted by molar-refractivity contribution is 0.0954. The predicted octanol–water partition coefficient (Wildman–Crippen LogP) is 4.10. The zero-order valence-corrected chi connectivity index (χ0v) is 17.8. The molecular weight excluding hydrogens is 398 g/mol. The zero-order valence-electron chi connectivity index (χ0n) is 17.0. The van der Waals surface area contributed by atoms with E-state index in [0.717, 1.165) is 5.56 Å². The van der Waals surface area contributed by atoms with Crippen LogP contribution in [0.3, 0.4) is 0 Å². The molecule has 156 valence electrons. The number of rotatable bonds is 7. The van der Waals surface area contributed by atoms with Gasteiger partial charge in [-0.1, -0.05) is 54.5 Å². The van der Waals surface area contributed by atoms with Gasteiger partial charge < -0.3 is 10.1 Å². The summed E-state index contributed by atoms with van der Waals surface area (Å²) in [5.74, 6) is 0.980. The Hall–Kier alpha value is -2.93. The highest BCUT2D eigenvalue weighted by atomic mass is 32.1. The summed E-state index contributed by atoms with van der Waals surface area (Å²) < 4.78 is 7.26. The number of hydrogen-bond acceptors (Lipinski definition) is 5. The second-order valence-corrected chi connectivity index (χ2v) is 8.59. The summed E-state index contributed by atoms with van der Waals surface area (Å²) >= 11 is 1.21. The maximum Gasteiger partial charge on any atom is 0.263 e. The Bertz CT molecular complexity index is 1070. The van der Waals surface area contributed by atoms with Crippen LogP contribution in [0.4, 0.5) is 0 Å². The van der Waals surface area contributed by atoms with E-state index < -0.39 is 0 Å². The van der Waals surface area contributed by atoms with Gasteiger partial charge in [0.2, 0.25) is 0 Å². The minimum absolute atomic E-state index is 0.190. The average Bonchev–Trinajstić information content (AvgIpc) is 3.41. The van der Waals surface area contributed by atoms with Gasteiger partial charge in [-0.05, 0) is 37.3 Å². The average molecular weight is 424 g/mol. The molecule has 6 nitrogen and oxygen atoms in total. The highest BCUT2D eigenvalue weighted by Crippen LogP contribution is 2.26. The fourth-order valence-electron chi connectivity index (χ4n) is 3.65. The number of carbonyl (C=O) groups excluding carboxylic acids is 1. The fourth-order valence-corrected chi connectivity index (χ4v) is 4.63. The van der Waals surface area contributed by atoms with E-state index in [-0.39, 0.29) is 11.5 Å². The van der Waals surface area contributed by atoms with Crippen molar-refractivity contribution in [3.8, 4) is 10.9 Å². The Kier molecular flexibility index (Phi) is 6.28. The van der Waals surface area contributed by atoms with Gasteiger partial charge in [-0.15, -0.1) is 0 Å². The van der Waals surface area contributed by atoms with Crippen LogP contribution in [0.15, 0.2) is 53.5 Å². The van der Waals surface area contributed by atoms with E-state index in [1.807, 2.05) is 30.3 Å². The number of aromatic nitrogens is 2. The molecule has 0 atom stereocenters. The Morgan fingerprint density at radius 2 is 2.00 bits per heavy atom. The Morgan fingerprint density at radius 3 is 2.73 bits per heavy atom. The van der Waals surface area contributed by atoms with Crippen LogP contribution in [0.5, 0.6) is 5.75 Å². The maximum absolute atomic E-state index is 12.6. The molecule has 0 radical (unpaired) electrons. The third-order valence-corrected chi connectivity index (χ3v) is 6.50. The van der Waals surface area contributed by atoms with Crippen LogP contribution in [0.2, 0.25) is 0 Å². The van der Waals surface area contributed by atoms with Crippen molar-refractivity contribution in [2.24, 2.45) is 5.92 Å². The molecule has 1 saturated carbocycles. The second kappa shape index (κ2) is 9.26. The van der Waals surface area contributed by atoms with Crippen LogP contribution in [-0.2, 0) is 6.54 Å². The number of aryl methyl sites for hydroxylation is 1. The molecule has 1 aromatic carbocycles. The highest BCUT2D eigenvalue weighted by Gasteiger charge is 2.18. The van der Waals surface area contributed by atoms with Gasteiger partial charge in [0.1, 0.15) is 10.6 Å². The maximum atomic E-state index is 12.6. The number of benzene rings is 1. The monoisotopic (exact) mass is 423 g/mol. The van der Waals surface area contributed by atoms with Crippen molar-refractivity contribution in [3.05, 3.63) is 75.1 Å². The van der Waals surface area contributed by atoms with Gasteiger partial charge in [0.15, 0.2) is 5.13 Å². The molecule has 0 unspecified atom stereocenters. The van der Waals surface area contributed by atoms with Crippen molar-refractivity contribution >= 4 is 17.2 Å². The lowest BCUT2D eigenvalue weighted by Gasteiger charge is -2.11. The van der Waals surface area contributed by atoms with Crippen LogP contribution in [0.25, 0.3) is 5.13 Å². The van der Waals surface area contributed by atoms with Crippen LogP contribution < -0.4 is 15.6 Å². The molecule has 1 fully saturated rings. The molecule has 0 spiro atoms. The van der Waals surface area contributed by atoms with Gasteiger partial charge in [-0.3, -0.25) is 14.2 Å². The van der Waals surface area contributed by atoms with Gasteiger partial charge in [0, 0.05) is 18.8 Å². The molecule has 4 rings (SSSR count). The number of thiazole rings is 1. The lowest BCUT2D eigenvalue weighted by atomic mass is 10.1. The van der Waals surface area contributed by atoms with E-state index in [1.165, 1.54) is 47.7 Å². The zero-order chi connectivity index (χ0) is 20.9. The van der Waals surface area contributed by atoms with Crippen LogP contribution in [0.1, 0.15) is 46.6 Å². The number of amides is 1. The molecule has 0 aliphatic heterocycles. The van der Waals surface area contributed by atoms with Gasteiger partial charge in [-0.25, -0.2) is 4.98 Å². The van der Waals surface area contributed by atoms with E-state index in [9.17, 15) is 9.59 Å². The molecule has 0 bridgehead atoms. The molecule has 1 amide bonds. The van der Waals surface area contributed by atoms with Crippen molar-refractivity contribution in [2.45, 2.75) is 39.2 Å². The first-order valence-electron chi connectivity index (χ1n) is 10.3. The standard InChI is InChI=1S/C23H25N3O3S/c1-16-21(22(28)24-14-17-7-3-2-4-8-17)30-23(25-16)26-12-11-19(13-20(26)27)29-15-18-9-5-6-10-18/h2-4,7-8,11-13,18H,5-6,9-10,14-15H2,1H3,(H,24,28). The van der Waals surface area contributed by atoms with E-state index in [2.05, 4.69) is 10.3 Å². The third kappa shape index (κ3) is 4.79. The smallest absolute Gasteiger partial charge is 0.263 e. The van der Waals surface area contributed by atoms with Crippen molar-refractivity contribution in [1.29, 1.82) is 0 Å². The van der Waals surface area contributed by atoms with Gasteiger partial charge in [0.05, 0.1) is 12.3 Å². The van der Waals surface area contributed by atoms with Gasteiger partial charge in [-0.2, -0.15) is 0 Å². The first-order chi connectivity index (χ1) is 14.6. The van der Waals surface area contributed by atoms with E-state index in [0.29, 0.717) is 40.5 Å². The van der Waals surface area contributed by atoms with E-state index >= 15 is 0 Å². The first-order valence-corrected chi connectivity index (χ1v) is 11.1. The molecule has 7 heteroatoms. The number of nitrogens with zero attached hydrogens (tertiary/aromatic N) is 2. The Morgan fingerprint density at radius 1 is 1.23 bits per heavy atom. The summed E-state index contributed by atoms with van der Waals surface area (Å²) in [6.45, 7) is 2.88. The first kappa shape index (κ1) is 20.3. The van der Waals surface area contributed by atoms with Gasteiger partial charge in [0.25, 0.3) is 11.5 Å². The SMILES string of the molecule is Cc1nc(-n2ccc(OCC3CCCC3)cc2=O)sc1C(=O)NCc1ccccc1. The normalized spacial score (nSPS) is 14.0. The molecular formula is C23H25N3O3S. The van der Waals surface area contributed by atoms with Crippen molar-refractivity contribution < 1.29 is 9.53 Å². The summed E-state index contributed by atoms with van der Waals surface area (Å²) in [5.41, 5.74) is 1.41. The Balaban J connectivity index is 1.44. The molecule has 1 N–H and O–H groups in total. The molecule has 1 aliphatic rings. The fraction of sp³-hybridized carbons (Fsp3) is 0.348. The molecule has 0 saturated heterocycles. The summed E-state index contributed by atoms with van der Waals surface area (Å²) in [5, 5.41) is 3.39. The topological polar surface area (TPSA) is 73.2 Å². The van der Waals surface area contributed by atoms with Crippen molar-refractivity contribution in [3.63, 3.8) is 0 Å². The van der Waals surface area contributed by atoms with Crippen LogP contribution in [0, 0.1) is 12.8 Å². The molecule has 3 aromatic rings. The molecule has 2 aromatic heterocycles. The minimum Gasteiger partial charge on any atom is -0.493 e. The predicted molar refractivity (Wildman–Crippen MR) is 118 cm³/mol. The molecule has 2 heterocycles. The third-order valence-electron chi connectivity index (χ3n) is 5.34. The quantitative estimate of drug-likeness (QED) is 0.621. The number of ether oxygens (including phenoxy) is 1. The number of carbonyl (C=O) groups is 1. The number of pyridine rings is 1. The summed E-state index contributed by atoms with van der Waals surface area (Å²) in [7, 11) is 0. The number of hydrogen-bond donors (Lipinski definition) is 1. The van der Waals surface area contributed by atoms with Gasteiger partial charge >= 0.3 is 0 Å². The lowest BCUT2D eigenvalue weighted by Crippen LogP contribution is -2.22. The second-order valence-electron chi connectivity index (χ2n) is 7.61. The Labute approximate surface area is 179 Å². The summed E-state index contributed by atoms with van der Waals surface area (Å²) in [4.78, 5) is 30.1. The minimum atomic E-state index is -0.219. The van der Waals surface area contributed by atoms with Crippen LogP contribution in [-0.4, -0.2) is 22.1 Å². The van der Waals surface area contributed by atoms with Crippen molar-refractivity contribution in [2.75, 3.05) is 6.61 Å². The summed E-state index contributed by atoms with van der Waals surface area (Å²) in [6, 6.07) is 13.0. The number of nitrogens with one attached hydrogen (secondary N) is 1. The largest absolute Gasteiger partial charge is 0.493 e.